The molecular formula is C20H17IO2Si. The molecule has 0 spiro atoms. The van der Waals surface area contributed by atoms with Crippen molar-refractivity contribution in [3.63, 3.8) is 0 Å². The van der Waals surface area contributed by atoms with Crippen molar-refractivity contribution in [2.45, 2.75) is 19.6 Å². The lowest BCUT2D eigenvalue weighted by Crippen LogP contribution is -2.16. The highest BCUT2D eigenvalue weighted by Gasteiger charge is 2.10. The molecule has 0 atom stereocenters. The van der Waals surface area contributed by atoms with Crippen molar-refractivity contribution >= 4 is 36.6 Å². The van der Waals surface area contributed by atoms with Gasteiger partial charge in [0.25, 0.3) is 0 Å². The van der Waals surface area contributed by atoms with Crippen LogP contribution in [0.3, 0.4) is 0 Å². The van der Waals surface area contributed by atoms with Crippen molar-refractivity contribution in [2.24, 2.45) is 0 Å². The zero-order valence-corrected chi connectivity index (χ0v) is 16.9. The zero-order valence-electron chi connectivity index (χ0n) is 13.8. The molecule has 0 aliphatic rings. The van der Waals surface area contributed by atoms with E-state index in [1.54, 1.807) is 12.1 Å². The Morgan fingerprint density at radius 2 is 1.58 bits per heavy atom. The molecule has 0 bridgehead atoms. The third-order valence-corrected chi connectivity index (χ3v) is 4.61. The number of carboxylic acid groups (broad SMARTS) is 1. The van der Waals surface area contributed by atoms with Gasteiger partial charge in [0.2, 0.25) is 0 Å². The van der Waals surface area contributed by atoms with Crippen LogP contribution in [0.2, 0.25) is 19.6 Å². The summed E-state index contributed by atoms with van der Waals surface area (Å²) in [6.45, 7) is 6.46. The highest BCUT2D eigenvalue weighted by Crippen LogP contribution is 2.12. The minimum absolute atomic E-state index is 0.190. The van der Waals surface area contributed by atoms with Crippen LogP contribution in [-0.4, -0.2) is 19.1 Å². The summed E-state index contributed by atoms with van der Waals surface area (Å²) in [5.41, 5.74) is 5.51. The third kappa shape index (κ3) is 5.56. The first-order valence-electron chi connectivity index (χ1n) is 7.43. The first-order valence-corrected chi connectivity index (χ1v) is 12.0. The van der Waals surface area contributed by atoms with Crippen LogP contribution in [0.5, 0.6) is 0 Å². The normalized spacial score (nSPS) is 10.2. The van der Waals surface area contributed by atoms with Gasteiger partial charge in [0, 0.05) is 20.3 Å². The van der Waals surface area contributed by atoms with Crippen LogP contribution in [0.25, 0.3) is 0 Å². The molecule has 4 heteroatoms. The lowest BCUT2D eigenvalue weighted by Gasteiger charge is -2.04. The second-order valence-corrected chi connectivity index (χ2v) is 12.3. The average Bonchev–Trinajstić information content (AvgIpc) is 2.52. The van der Waals surface area contributed by atoms with Gasteiger partial charge in [-0.15, -0.1) is 5.54 Å². The fourth-order valence-electron chi connectivity index (χ4n) is 1.84. The Morgan fingerprint density at radius 1 is 0.958 bits per heavy atom. The minimum Gasteiger partial charge on any atom is -0.478 e. The molecular weight excluding hydrogens is 427 g/mol. The van der Waals surface area contributed by atoms with Gasteiger partial charge in [0.1, 0.15) is 8.07 Å². The largest absolute Gasteiger partial charge is 0.478 e. The Bertz CT molecular complexity index is 886. The van der Waals surface area contributed by atoms with E-state index in [1.165, 1.54) is 0 Å². The standard InChI is InChI=1S/C20H17IO2Si/c1-24(2,3)13-12-16-5-9-17(19(14-16)20(22)23)8-4-15-6-10-18(21)11-7-15/h5-7,9-11,14H,1-3H3,(H,22,23). The summed E-state index contributed by atoms with van der Waals surface area (Å²) in [7, 11) is -1.50. The van der Waals surface area contributed by atoms with Crippen LogP contribution >= 0.6 is 22.6 Å². The molecule has 24 heavy (non-hydrogen) atoms. The summed E-state index contributed by atoms with van der Waals surface area (Å²) in [4.78, 5) is 11.5. The van der Waals surface area contributed by atoms with Gasteiger partial charge in [-0.3, -0.25) is 0 Å². The highest BCUT2D eigenvalue weighted by molar-refractivity contribution is 14.1. The van der Waals surface area contributed by atoms with E-state index in [0.29, 0.717) is 5.56 Å². The van der Waals surface area contributed by atoms with Gasteiger partial charge in [-0.2, -0.15) is 0 Å². The van der Waals surface area contributed by atoms with Crippen LogP contribution in [0.4, 0.5) is 0 Å². The van der Waals surface area contributed by atoms with E-state index in [4.69, 9.17) is 0 Å². The number of benzene rings is 2. The maximum atomic E-state index is 11.5. The van der Waals surface area contributed by atoms with Crippen LogP contribution < -0.4 is 0 Å². The molecule has 0 radical (unpaired) electrons. The van der Waals surface area contributed by atoms with E-state index in [-0.39, 0.29) is 5.56 Å². The summed E-state index contributed by atoms with van der Waals surface area (Å²) in [5.74, 6) is 8.07. The van der Waals surface area contributed by atoms with Gasteiger partial charge in [-0.1, -0.05) is 37.4 Å². The Morgan fingerprint density at radius 3 is 2.17 bits per heavy atom. The smallest absolute Gasteiger partial charge is 0.337 e. The predicted molar refractivity (Wildman–Crippen MR) is 109 cm³/mol. The molecule has 0 aliphatic carbocycles. The van der Waals surface area contributed by atoms with Crippen LogP contribution in [-0.2, 0) is 0 Å². The second-order valence-electron chi connectivity index (χ2n) is 6.32. The summed E-state index contributed by atoms with van der Waals surface area (Å²) in [6, 6.07) is 12.9. The number of carboxylic acids is 1. The Balaban J connectivity index is 2.39. The van der Waals surface area contributed by atoms with Gasteiger partial charge >= 0.3 is 5.97 Å². The number of halogens is 1. The summed E-state index contributed by atoms with van der Waals surface area (Å²) in [6.07, 6.45) is 0. The van der Waals surface area contributed by atoms with E-state index in [0.717, 1.165) is 14.7 Å². The maximum absolute atomic E-state index is 11.5. The number of carbonyl (C=O) groups is 1. The lowest BCUT2D eigenvalue weighted by atomic mass is 10.0. The second kappa shape index (κ2) is 7.70. The summed E-state index contributed by atoms with van der Waals surface area (Å²) < 4.78 is 1.13. The number of hydrogen-bond acceptors (Lipinski definition) is 1. The molecule has 2 nitrogen and oxygen atoms in total. The van der Waals surface area contributed by atoms with Gasteiger partial charge < -0.3 is 5.11 Å². The average molecular weight is 444 g/mol. The van der Waals surface area contributed by atoms with Gasteiger partial charge in [-0.05, 0) is 65.1 Å². The van der Waals surface area contributed by atoms with Gasteiger partial charge in [-0.25, -0.2) is 4.79 Å². The Kier molecular flexibility index (Phi) is 5.88. The minimum atomic E-state index is -1.50. The molecule has 2 aromatic carbocycles. The van der Waals surface area contributed by atoms with E-state index < -0.39 is 14.0 Å². The van der Waals surface area contributed by atoms with Crippen molar-refractivity contribution in [1.82, 2.24) is 0 Å². The molecule has 0 saturated carbocycles. The van der Waals surface area contributed by atoms with Crippen LogP contribution in [0, 0.1) is 26.9 Å². The number of aromatic carboxylic acids is 1. The van der Waals surface area contributed by atoms with E-state index >= 15 is 0 Å². The van der Waals surface area contributed by atoms with E-state index in [2.05, 4.69) is 65.5 Å². The fourth-order valence-corrected chi connectivity index (χ4v) is 2.72. The lowest BCUT2D eigenvalue weighted by molar-refractivity contribution is 0.0696. The fraction of sp³-hybridized carbons (Fsp3) is 0.150. The molecule has 120 valence electrons. The Hall–Kier alpha value is -2.02. The van der Waals surface area contributed by atoms with E-state index in [1.807, 2.05) is 30.3 Å². The summed E-state index contributed by atoms with van der Waals surface area (Å²) >= 11 is 2.23. The van der Waals surface area contributed by atoms with Crippen molar-refractivity contribution in [3.8, 4) is 23.3 Å². The molecule has 0 fully saturated rings. The van der Waals surface area contributed by atoms with Crippen molar-refractivity contribution < 1.29 is 9.90 Å². The van der Waals surface area contributed by atoms with Crippen LogP contribution in [0.15, 0.2) is 42.5 Å². The predicted octanol–water partition coefficient (Wildman–Crippen LogP) is 4.62. The zero-order chi connectivity index (χ0) is 17.7. The summed E-state index contributed by atoms with van der Waals surface area (Å²) in [5, 5.41) is 9.44. The van der Waals surface area contributed by atoms with Crippen LogP contribution in [0.1, 0.15) is 27.0 Å². The molecule has 0 heterocycles. The number of hydrogen-bond donors (Lipinski definition) is 1. The molecule has 0 unspecified atom stereocenters. The third-order valence-electron chi connectivity index (χ3n) is 3.02. The Labute approximate surface area is 157 Å². The first-order chi connectivity index (χ1) is 11.2. The first kappa shape index (κ1) is 18.3. The van der Waals surface area contributed by atoms with E-state index in [9.17, 15) is 9.90 Å². The van der Waals surface area contributed by atoms with Gasteiger partial charge in [0.05, 0.1) is 5.56 Å². The molecule has 2 rings (SSSR count). The monoisotopic (exact) mass is 444 g/mol. The number of rotatable bonds is 1. The molecule has 2 aromatic rings. The SMILES string of the molecule is C[Si](C)(C)C#Cc1ccc(C#Cc2ccc(I)cc2)c(C(=O)O)c1. The van der Waals surface area contributed by atoms with Crippen molar-refractivity contribution in [3.05, 3.63) is 68.3 Å². The molecule has 0 saturated heterocycles. The maximum Gasteiger partial charge on any atom is 0.337 e. The molecule has 1 N–H and O–H groups in total. The molecule has 0 aliphatic heterocycles. The topological polar surface area (TPSA) is 37.3 Å². The molecule has 0 aromatic heterocycles. The van der Waals surface area contributed by atoms with Crippen molar-refractivity contribution in [2.75, 3.05) is 0 Å². The quantitative estimate of drug-likeness (QED) is 0.396. The van der Waals surface area contributed by atoms with Gasteiger partial charge in [0.15, 0.2) is 0 Å². The van der Waals surface area contributed by atoms with Crippen molar-refractivity contribution in [1.29, 1.82) is 0 Å². The highest BCUT2D eigenvalue weighted by atomic mass is 127. The molecule has 0 amide bonds.